The minimum absolute atomic E-state index is 0.225. The molecule has 0 saturated carbocycles. The van der Waals surface area contributed by atoms with Gasteiger partial charge in [-0.25, -0.2) is 8.78 Å². The van der Waals surface area contributed by atoms with E-state index < -0.39 is 12.2 Å². The number of hydrogen-bond donors (Lipinski definition) is 1. The van der Waals surface area contributed by atoms with Gasteiger partial charge in [0.2, 0.25) is 0 Å². The quantitative estimate of drug-likeness (QED) is 0.860. The van der Waals surface area contributed by atoms with Crippen LogP contribution in [0.4, 0.5) is 14.5 Å². The summed E-state index contributed by atoms with van der Waals surface area (Å²) >= 11 is 0. The molecule has 0 amide bonds. The van der Waals surface area contributed by atoms with Crippen molar-refractivity contribution in [3.05, 3.63) is 30.1 Å². The van der Waals surface area contributed by atoms with E-state index in [1.165, 1.54) is 6.07 Å². The molecule has 1 atom stereocenters. The summed E-state index contributed by atoms with van der Waals surface area (Å²) in [4.78, 5) is 1.96. The van der Waals surface area contributed by atoms with Gasteiger partial charge in [0.1, 0.15) is 12.5 Å². The summed E-state index contributed by atoms with van der Waals surface area (Å²) in [6.07, 6.45) is 2.03. The molecule has 4 heteroatoms. The number of alkyl halides is 1. The zero-order chi connectivity index (χ0) is 12.3. The second-order valence-corrected chi connectivity index (χ2v) is 4.79. The van der Waals surface area contributed by atoms with Gasteiger partial charge in [-0.1, -0.05) is 12.1 Å². The Labute approximate surface area is 100 Å². The van der Waals surface area contributed by atoms with E-state index in [1.807, 2.05) is 11.0 Å². The fraction of sp³-hybridized carbons (Fsp3) is 0.538. The van der Waals surface area contributed by atoms with Crippen molar-refractivity contribution >= 4 is 5.69 Å². The standard InChI is InChI=1S/C13H18F2N2/c14-10-13(16)6-3-8-17(9-7-13)12-5-2-1-4-11(12)15/h1-2,4-5H,3,6-10,16H2. The Balaban J connectivity index is 2.12. The van der Waals surface area contributed by atoms with E-state index in [0.717, 1.165) is 13.0 Å². The van der Waals surface area contributed by atoms with E-state index >= 15 is 0 Å². The van der Waals surface area contributed by atoms with Gasteiger partial charge in [0, 0.05) is 18.6 Å². The predicted molar refractivity (Wildman–Crippen MR) is 65.4 cm³/mol. The Bertz CT molecular complexity index is 383. The molecule has 17 heavy (non-hydrogen) atoms. The van der Waals surface area contributed by atoms with Crippen LogP contribution in [-0.2, 0) is 0 Å². The molecule has 1 fully saturated rings. The van der Waals surface area contributed by atoms with Crippen molar-refractivity contribution in [2.75, 3.05) is 24.7 Å². The van der Waals surface area contributed by atoms with Crippen LogP contribution < -0.4 is 10.6 Å². The van der Waals surface area contributed by atoms with E-state index in [9.17, 15) is 8.78 Å². The largest absolute Gasteiger partial charge is 0.369 e. The lowest BCUT2D eigenvalue weighted by Crippen LogP contribution is -2.43. The van der Waals surface area contributed by atoms with Crippen LogP contribution in [0.3, 0.4) is 0 Å². The Morgan fingerprint density at radius 2 is 2.00 bits per heavy atom. The second-order valence-electron chi connectivity index (χ2n) is 4.79. The van der Waals surface area contributed by atoms with Gasteiger partial charge in [-0.2, -0.15) is 0 Å². The molecule has 0 aliphatic carbocycles. The van der Waals surface area contributed by atoms with Gasteiger partial charge in [-0.05, 0) is 31.4 Å². The monoisotopic (exact) mass is 240 g/mol. The lowest BCUT2D eigenvalue weighted by Gasteiger charge is -2.26. The highest BCUT2D eigenvalue weighted by Crippen LogP contribution is 2.26. The van der Waals surface area contributed by atoms with Crippen molar-refractivity contribution in [3.63, 3.8) is 0 Å². The molecule has 1 aliphatic heterocycles. The van der Waals surface area contributed by atoms with Gasteiger partial charge < -0.3 is 10.6 Å². The highest BCUT2D eigenvalue weighted by atomic mass is 19.1. The summed E-state index contributed by atoms with van der Waals surface area (Å²) < 4.78 is 26.5. The number of halogens is 2. The fourth-order valence-electron chi connectivity index (χ4n) is 2.30. The van der Waals surface area contributed by atoms with Crippen LogP contribution in [0.15, 0.2) is 24.3 Å². The Morgan fingerprint density at radius 1 is 1.24 bits per heavy atom. The zero-order valence-corrected chi connectivity index (χ0v) is 9.83. The molecular formula is C13H18F2N2. The van der Waals surface area contributed by atoms with Gasteiger partial charge in [-0.15, -0.1) is 0 Å². The van der Waals surface area contributed by atoms with Crippen molar-refractivity contribution in [3.8, 4) is 0 Å². The minimum atomic E-state index is -0.722. The number of benzene rings is 1. The molecule has 2 nitrogen and oxygen atoms in total. The van der Waals surface area contributed by atoms with Crippen LogP contribution in [-0.4, -0.2) is 25.3 Å². The summed E-state index contributed by atoms with van der Waals surface area (Å²) in [5.74, 6) is -0.225. The summed E-state index contributed by atoms with van der Waals surface area (Å²) in [6, 6.07) is 6.69. The molecule has 0 aromatic heterocycles. The SMILES string of the molecule is NC1(CF)CCCN(c2ccccc2F)CC1. The highest BCUT2D eigenvalue weighted by molar-refractivity contribution is 5.47. The molecule has 1 aromatic carbocycles. The van der Waals surface area contributed by atoms with E-state index in [-0.39, 0.29) is 5.82 Å². The zero-order valence-electron chi connectivity index (χ0n) is 9.83. The molecule has 2 N–H and O–H groups in total. The van der Waals surface area contributed by atoms with E-state index in [4.69, 9.17) is 5.73 Å². The third-order valence-electron chi connectivity index (χ3n) is 3.44. The predicted octanol–water partition coefficient (Wildman–Crippen LogP) is 2.48. The minimum Gasteiger partial charge on any atom is -0.369 e. The summed E-state index contributed by atoms with van der Waals surface area (Å²) in [5, 5.41) is 0. The summed E-state index contributed by atoms with van der Waals surface area (Å²) in [7, 11) is 0. The van der Waals surface area contributed by atoms with Gasteiger partial charge in [0.05, 0.1) is 5.69 Å². The van der Waals surface area contributed by atoms with E-state index in [1.54, 1.807) is 12.1 Å². The number of hydrogen-bond acceptors (Lipinski definition) is 2. The van der Waals surface area contributed by atoms with E-state index in [2.05, 4.69) is 0 Å². The van der Waals surface area contributed by atoms with E-state index in [0.29, 0.717) is 25.1 Å². The number of nitrogens with two attached hydrogens (primary N) is 1. The van der Waals surface area contributed by atoms with Crippen LogP contribution in [0.1, 0.15) is 19.3 Å². The first kappa shape index (κ1) is 12.3. The first-order valence-corrected chi connectivity index (χ1v) is 5.99. The molecular weight excluding hydrogens is 222 g/mol. The fourth-order valence-corrected chi connectivity index (χ4v) is 2.30. The average Bonchev–Trinajstić information content (AvgIpc) is 2.53. The first-order valence-electron chi connectivity index (χ1n) is 5.99. The normalized spacial score (nSPS) is 25.7. The van der Waals surface area contributed by atoms with Crippen LogP contribution >= 0.6 is 0 Å². The third kappa shape index (κ3) is 2.75. The lowest BCUT2D eigenvalue weighted by atomic mass is 9.94. The van der Waals surface area contributed by atoms with Gasteiger partial charge >= 0.3 is 0 Å². The molecule has 1 aliphatic rings. The first-order chi connectivity index (χ1) is 8.14. The molecule has 1 aromatic rings. The average molecular weight is 240 g/mol. The van der Waals surface area contributed by atoms with Crippen molar-refractivity contribution in [1.82, 2.24) is 0 Å². The number of anilines is 1. The van der Waals surface area contributed by atoms with Gasteiger partial charge in [0.15, 0.2) is 0 Å². The number of nitrogens with zero attached hydrogens (tertiary/aromatic N) is 1. The molecule has 0 bridgehead atoms. The maximum absolute atomic E-state index is 13.6. The Hall–Kier alpha value is -1.16. The van der Waals surface area contributed by atoms with Crippen LogP contribution in [0.2, 0.25) is 0 Å². The summed E-state index contributed by atoms with van der Waals surface area (Å²) in [6.45, 7) is 0.847. The van der Waals surface area contributed by atoms with Crippen molar-refractivity contribution in [1.29, 1.82) is 0 Å². The summed E-state index contributed by atoms with van der Waals surface area (Å²) in [5.41, 5.74) is 5.81. The molecule has 1 saturated heterocycles. The van der Waals surface area contributed by atoms with Gasteiger partial charge in [0.25, 0.3) is 0 Å². The number of para-hydroxylation sites is 1. The van der Waals surface area contributed by atoms with Crippen molar-refractivity contribution < 1.29 is 8.78 Å². The molecule has 94 valence electrons. The van der Waals surface area contributed by atoms with Crippen molar-refractivity contribution in [2.24, 2.45) is 5.73 Å². The van der Waals surface area contributed by atoms with Crippen LogP contribution in [0.5, 0.6) is 0 Å². The lowest BCUT2D eigenvalue weighted by molar-refractivity contribution is 0.281. The molecule has 2 rings (SSSR count). The number of rotatable bonds is 2. The van der Waals surface area contributed by atoms with Crippen LogP contribution in [0.25, 0.3) is 0 Å². The smallest absolute Gasteiger partial charge is 0.146 e. The maximum Gasteiger partial charge on any atom is 0.146 e. The highest BCUT2D eigenvalue weighted by Gasteiger charge is 2.29. The topological polar surface area (TPSA) is 29.3 Å². The van der Waals surface area contributed by atoms with Crippen LogP contribution in [0, 0.1) is 5.82 Å². The molecule has 0 radical (unpaired) electrons. The molecule has 0 spiro atoms. The maximum atomic E-state index is 13.6. The second kappa shape index (κ2) is 5.00. The van der Waals surface area contributed by atoms with Crippen molar-refractivity contribution in [2.45, 2.75) is 24.8 Å². The van der Waals surface area contributed by atoms with Gasteiger partial charge in [-0.3, -0.25) is 0 Å². The Morgan fingerprint density at radius 3 is 2.71 bits per heavy atom. The third-order valence-corrected chi connectivity index (χ3v) is 3.44. The molecule has 1 heterocycles. The molecule has 1 unspecified atom stereocenters. The Kier molecular flexibility index (Phi) is 3.62.